The molecule has 7 heteroatoms. The van der Waals surface area contributed by atoms with Gasteiger partial charge in [0.05, 0.1) is 13.2 Å². The van der Waals surface area contributed by atoms with Crippen LogP contribution in [-0.2, 0) is 19.1 Å². The number of unbranched alkanes of at least 4 members (excludes halogenated alkanes) is 1. The first-order chi connectivity index (χ1) is 18.6. The van der Waals surface area contributed by atoms with Crippen LogP contribution in [0.15, 0.2) is 25.3 Å². The molecule has 2 heterocycles. The van der Waals surface area contributed by atoms with Crippen LogP contribution in [0.2, 0.25) is 0 Å². The summed E-state index contributed by atoms with van der Waals surface area (Å²) in [6.07, 6.45) is 13.3. The lowest BCUT2D eigenvalue weighted by molar-refractivity contribution is -0.138. The first-order valence-electron chi connectivity index (χ1n) is 14.4. The van der Waals surface area contributed by atoms with Gasteiger partial charge in [-0.2, -0.15) is 0 Å². The molecule has 0 bridgehead atoms. The highest BCUT2D eigenvalue weighted by atomic mass is 16.5. The maximum Gasteiger partial charge on any atom is 0.330 e. The Morgan fingerprint density at radius 3 is 1.95 bits per heavy atom. The molecule has 0 radical (unpaired) electrons. The molecular formula is C31H45N3O4. The highest BCUT2D eigenvalue weighted by Gasteiger charge is 2.22. The van der Waals surface area contributed by atoms with Crippen molar-refractivity contribution in [3.05, 3.63) is 25.3 Å². The van der Waals surface area contributed by atoms with Crippen molar-refractivity contribution in [3.63, 3.8) is 0 Å². The second kappa shape index (κ2) is 17.1. The molecule has 3 fully saturated rings. The molecule has 3 rings (SSSR count). The molecular weight excluding hydrogens is 478 g/mol. The second-order valence-electron chi connectivity index (χ2n) is 10.6. The third-order valence-electron chi connectivity index (χ3n) is 7.72. The van der Waals surface area contributed by atoms with E-state index >= 15 is 0 Å². The van der Waals surface area contributed by atoms with Gasteiger partial charge in [0.15, 0.2) is 0 Å². The lowest BCUT2D eigenvalue weighted by Gasteiger charge is -2.28. The molecule has 2 aliphatic heterocycles. The van der Waals surface area contributed by atoms with Crippen molar-refractivity contribution in [2.24, 2.45) is 23.7 Å². The lowest BCUT2D eigenvalue weighted by atomic mass is 9.81. The van der Waals surface area contributed by atoms with Crippen molar-refractivity contribution >= 4 is 11.9 Å². The summed E-state index contributed by atoms with van der Waals surface area (Å²) in [5, 5.41) is 10.6. The number of nitrogens with one attached hydrogen (secondary N) is 3. The van der Waals surface area contributed by atoms with E-state index in [1.807, 2.05) is 0 Å². The summed E-state index contributed by atoms with van der Waals surface area (Å²) in [6, 6.07) is 0.533. The van der Waals surface area contributed by atoms with Crippen molar-refractivity contribution in [1.82, 2.24) is 16.0 Å². The second-order valence-corrected chi connectivity index (χ2v) is 10.6. The summed E-state index contributed by atoms with van der Waals surface area (Å²) in [5.74, 6) is 15.0. The number of carbonyl (C=O) groups excluding carboxylic acids is 2. The van der Waals surface area contributed by atoms with E-state index in [9.17, 15) is 9.59 Å². The zero-order valence-electron chi connectivity index (χ0n) is 22.8. The van der Waals surface area contributed by atoms with Crippen LogP contribution in [0.3, 0.4) is 0 Å². The van der Waals surface area contributed by atoms with Gasteiger partial charge in [-0.25, -0.2) is 9.59 Å². The normalized spacial score (nSPS) is 28.9. The highest BCUT2D eigenvalue weighted by molar-refractivity contribution is 5.81. The van der Waals surface area contributed by atoms with Gasteiger partial charge in [-0.15, -0.1) is 0 Å². The molecule has 0 aromatic carbocycles. The van der Waals surface area contributed by atoms with Crippen molar-refractivity contribution < 1.29 is 19.1 Å². The van der Waals surface area contributed by atoms with Crippen LogP contribution >= 0.6 is 0 Å². The molecule has 2 saturated heterocycles. The zero-order valence-corrected chi connectivity index (χ0v) is 22.8. The average Bonchev–Trinajstić information content (AvgIpc) is 2.96. The van der Waals surface area contributed by atoms with Gasteiger partial charge < -0.3 is 14.8 Å². The number of carbonyl (C=O) groups is 2. The monoisotopic (exact) mass is 523 g/mol. The minimum atomic E-state index is -0.343. The molecule has 0 aromatic rings. The molecule has 7 nitrogen and oxygen atoms in total. The van der Waals surface area contributed by atoms with Crippen molar-refractivity contribution in [1.29, 1.82) is 0 Å². The summed E-state index contributed by atoms with van der Waals surface area (Å²) in [4.78, 5) is 22.2. The van der Waals surface area contributed by atoms with Gasteiger partial charge in [0, 0.05) is 55.6 Å². The van der Waals surface area contributed by atoms with Gasteiger partial charge in [-0.05, 0) is 70.1 Å². The van der Waals surface area contributed by atoms with E-state index in [0.717, 1.165) is 83.8 Å². The predicted molar refractivity (Wildman–Crippen MR) is 150 cm³/mol. The van der Waals surface area contributed by atoms with Gasteiger partial charge >= 0.3 is 11.9 Å². The Bertz CT molecular complexity index is 888. The third-order valence-corrected chi connectivity index (χ3v) is 7.72. The first kappa shape index (κ1) is 30.0. The number of hydrogen-bond donors (Lipinski definition) is 3. The molecule has 1 saturated carbocycles. The van der Waals surface area contributed by atoms with E-state index in [1.165, 1.54) is 12.2 Å². The molecule has 0 amide bonds. The smallest absolute Gasteiger partial charge is 0.330 e. The van der Waals surface area contributed by atoms with Gasteiger partial charge in [0.2, 0.25) is 0 Å². The fourth-order valence-electron chi connectivity index (χ4n) is 5.30. The standard InChI is InChI=1S/C31H45N3O4/c1-3-30(35)37-19-6-5-7-28-16-14-26(21-32-28)15-17-29-33-22-27(23-34-29)13-12-24-8-10-25(11-9-24)18-20-38-31(36)4-2/h3-4,24-29,32-34H,1-2,5-11,14,16,18-23H2. The summed E-state index contributed by atoms with van der Waals surface area (Å²) >= 11 is 0. The van der Waals surface area contributed by atoms with E-state index in [2.05, 4.69) is 52.8 Å². The quantitative estimate of drug-likeness (QED) is 0.175. The van der Waals surface area contributed by atoms with Crippen LogP contribution in [0.1, 0.15) is 64.2 Å². The van der Waals surface area contributed by atoms with E-state index in [0.29, 0.717) is 42.9 Å². The SMILES string of the molecule is C=CC(=O)OCCCCC1CCC(C#CC2NCC(C#CC3CCC(CCOC(=O)C=C)CC3)CN2)CN1. The minimum Gasteiger partial charge on any atom is -0.463 e. The van der Waals surface area contributed by atoms with E-state index in [-0.39, 0.29) is 18.1 Å². The van der Waals surface area contributed by atoms with Crippen LogP contribution < -0.4 is 16.0 Å². The largest absolute Gasteiger partial charge is 0.463 e. The van der Waals surface area contributed by atoms with Crippen LogP contribution in [0.5, 0.6) is 0 Å². The predicted octanol–water partition coefficient (Wildman–Crippen LogP) is 3.32. The van der Waals surface area contributed by atoms with Gasteiger partial charge in [0.1, 0.15) is 6.17 Å². The number of hydrogen-bond acceptors (Lipinski definition) is 7. The van der Waals surface area contributed by atoms with E-state index < -0.39 is 0 Å². The van der Waals surface area contributed by atoms with Crippen LogP contribution in [0.25, 0.3) is 0 Å². The van der Waals surface area contributed by atoms with Crippen molar-refractivity contribution in [2.75, 3.05) is 32.8 Å². The van der Waals surface area contributed by atoms with E-state index in [4.69, 9.17) is 9.47 Å². The molecule has 0 spiro atoms. The van der Waals surface area contributed by atoms with Crippen molar-refractivity contribution in [3.8, 4) is 23.7 Å². The van der Waals surface area contributed by atoms with Gasteiger partial charge in [-0.1, -0.05) is 36.8 Å². The fraction of sp³-hybridized carbons (Fsp3) is 0.677. The fourth-order valence-corrected chi connectivity index (χ4v) is 5.30. The Balaban J connectivity index is 1.24. The highest BCUT2D eigenvalue weighted by Crippen LogP contribution is 2.30. The molecule has 3 N–H and O–H groups in total. The molecule has 2 atom stereocenters. The summed E-state index contributed by atoms with van der Waals surface area (Å²) in [5.41, 5.74) is 0. The zero-order chi connectivity index (χ0) is 27.0. The molecule has 3 aliphatic rings. The first-order valence-corrected chi connectivity index (χ1v) is 14.4. The van der Waals surface area contributed by atoms with Gasteiger partial charge in [0.25, 0.3) is 0 Å². The lowest BCUT2D eigenvalue weighted by Crippen LogP contribution is -2.51. The maximum atomic E-state index is 11.2. The number of esters is 2. The van der Waals surface area contributed by atoms with Crippen LogP contribution in [0, 0.1) is 47.4 Å². The summed E-state index contributed by atoms with van der Waals surface area (Å²) in [7, 11) is 0. The Morgan fingerprint density at radius 2 is 1.29 bits per heavy atom. The number of ether oxygens (including phenoxy) is 2. The average molecular weight is 524 g/mol. The Morgan fingerprint density at radius 1 is 0.684 bits per heavy atom. The molecule has 208 valence electrons. The molecule has 1 aliphatic carbocycles. The summed E-state index contributed by atoms with van der Waals surface area (Å²) in [6.45, 7) is 10.5. The minimum absolute atomic E-state index is 0.0367. The third kappa shape index (κ3) is 11.4. The summed E-state index contributed by atoms with van der Waals surface area (Å²) < 4.78 is 10.1. The maximum absolute atomic E-state index is 11.2. The Labute approximate surface area is 228 Å². The molecule has 0 aromatic heterocycles. The van der Waals surface area contributed by atoms with E-state index in [1.54, 1.807) is 0 Å². The molecule has 2 unspecified atom stereocenters. The Kier molecular flexibility index (Phi) is 13.5. The topological polar surface area (TPSA) is 88.7 Å². The Hall–Kier alpha value is -2.58. The van der Waals surface area contributed by atoms with Crippen molar-refractivity contribution in [2.45, 2.75) is 76.4 Å². The molecule has 38 heavy (non-hydrogen) atoms. The van der Waals surface area contributed by atoms with Gasteiger partial charge in [-0.3, -0.25) is 10.6 Å². The van der Waals surface area contributed by atoms with Crippen LogP contribution in [0.4, 0.5) is 0 Å². The van der Waals surface area contributed by atoms with Crippen LogP contribution in [-0.4, -0.2) is 57.0 Å². The number of piperidine rings is 1. The number of rotatable bonds is 10.